The molecule has 2 heterocycles. The molecule has 0 aliphatic carbocycles. The van der Waals surface area contributed by atoms with Crippen LogP contribution in [-0.2, 0) is 6.61 Å². The maximum Gasteiger partial charge on any atom is 0.259 e. The van der Waals surface area contributed by atoms with Crippen molar-refractivity contribution in [3.05, 3.63) is 81.0 Å². The minimum Gasteiger partial charge on any atom is -0.496 e. The summed E-state index contributed by atoms with van der Waals surface area (Å²) in [5.41, 5.74) is 2.45. The van der Waals surface area contributed by atoms with Gasteiger partial charge in [0.1, 0.15) is 18.1 Å². The molecule has 33 heavy (non-hydrogen) atoms. The number of nitrogens with zero attached hydrogens (tertiary/aromatic N) is 3. The average molecular weight is 501 g/mol. The molecule has 4 rings (SSSR count). The van der Waals surface area contributed by atoms with Crippen molar-refractivity contribution >= 4 is 45.6 Å². The molecule has 0 fully saturated rings. The van der Waals surface area contributed by atoms with Gasteiger partial charge in [-0.2, -0.15) is 0 Å². The van der Waals surface area contributed by atoms with Crippen molar-refractivity contribution in [2.24, 2.45) is 0 Å². The minimum absolute atomic E-state index is 0.215. The Morgan fingerprint density at radius 3 is 2.55 bits per heavy atom. The van der Waals surface area contributed by atoms with Gasteiger partial charge in [-0.15, -0.1) is 10.2 Å². The Labute approximate surface area is 204 Å². The lowest BCUT2D eigenvalue weighted by Gasteiger charge is -2.13. The van der Waals surface area contributed by atoms with Crippen LogP contribution in [0.2, 0.25) is 10.0 Å². The number of rotatable bonds is 7. The van der Waals surface area contributed by atoms with E-state index in [9.17, 15) is 4.79 Å². The summed E-state index contributed by atoms with van der Waals surface area (Å²) in [5.74, 6) is 0.878. The van der Waals surface area contributed by atoms with Crippen molar-refractivity contribution in [1.29, 1.82) is 0 Å². The van der Waals surface area contributed by atoms with Crippen molar-refractivity contribution in [2.45, 2.75) is 13.5 Å². The zero-order valence-electron chi connectivity index (χ0n) is 17.6. The number of pyridine rings is 1. The van der Waals surface area contributed by atoms with E-state index in [1.54, 1.807) is 49.6 Å². The lowest BCUT2D eigenvalue weighted by atomic mass is 9.99. The standard InChI is InChI=1S/C23H18Cl2N4O3S/c1-13-9-17(18-10-15(25)5-8-20(18)31-2)19(11-26-13)22(30)27-23-29-28-21(33-23)12-32-16-6-3-14(24)4-7-16/h3-11H,12H2,1-2H3,(H,27,29,30). The van der Waals surface area contributed by atoms with Crippen LogP contribution in [-0.4, -0.2) is 28.2 Å². The Balaban J connectivity index is 1.53. The SMILES string of the molecule is COc1ccc(Cl)cc1-c1cc(C)ncc1C(=O)Nc1nnc(COc2ccc(Cl)cc2)s1. The monoisotopic (exact) mass is 500 g/mol. The largest absolute Gasteiger partial charge is 0.496 e. The average Bonchev–Trinajstić information content (AvgIpc) is 3.25. The van der Waals surface area contributed by atoms with E-state index in [4.69, 9.17) is 32.7 Å². The number of hydrogen-bond donors (Lipinski definition) is 1. The van der Waals surface area contributed by atoms with Gasteiger partial charge in [-0.25, -0.2) is 0 Å². The molecule has 168 valence electrons. The number of methoxy groups -OCH3 is 1. The predicted molar refractivity (Wildman–Crippen MR) is 130 cm³/mol. The summed E-state index contributed by atoms with van der Waals surface area (Å²) in [6.45, 7) is 2.06. The Kier molecular flexibility index (Phi) is 7.08. The number of anilines is 1. The van der Waals surface area contributed by atoms with Crippen LogP contribution in [0.5, 0.6) is 11.5 Å². The second-order valence-corrected chi connectivity index (χ2v) is 8.85. The molecule has 7 nitrogen and oxygen atoms in total. The number of benzene rings is 2. The first kappa shape index (κ1) is 23.0. The maximum absolute atomic E-state index is 13.1. The zero-order valence-corrected chi connectivity index (χ0v) is 20.0. The summed E-state index contributed by atoms with van der Waals surface area (Å²) in [6.07, 6.45) is 1.52. The van der Waals surface area contributed by atoms with E-state index in [0.717, 1.165) is 5.69 Å². The van der Waals surface area contributed by atoms with E-state index in [-0.39, 0.29) is 12.5 Å². The summed E-state index contributed by atoms with van der Waals surface area (Å²) in [4.78, 5) is 17.4. The number of carbonyl (C=O) groups is 1. The highest BCUT2D eigenvalue weighted by atomic mass is 35.5. The first-order valence-electron chi connectivity index (χ1n) is 9.75. The van der Waals surface area contributed by atoms with Gasteiger partial charge in [-0.1, -0.05) is 34.5 Å². The third kappa shape index (κ3) is 5.60. The molecule has 0 saturated heterocycles. The molecule has 4 aromatic rings. The summed E-state index contributed by atoms with van der Waals surface area (Å²) in [7, 11) is 1.56. The van der Waals surface area contributed by atoms with Gasteiger partial charge >= 0.3 is 0 Å². The first-order chi connectivity index (χ1) is 15.9. The van der Waals surface area contributed by atoms with Crippen molar-refractivity contribution in [1.82, 2.24) is 15.2 Å². The molecular formula is C23H18Cl2N4O3S. The first-order valence-corrected chi connectivity index (χ1v) is 11.3. The number of aryl methyl sites for hydroxylation is 1. The molecule has 0 aliphatic rings. The number of amides is 1. The van der Waals surface area contributed by atoms with Crippen molar-refractivity contribution in [2.75, 3.05) is 12.4 Å². The lowest BCUT2D eigenvalue weighted by Crippen LogP contribution is -2.14. The third-order valence-corrected chi connectivity index (χ3v) is 5.90. The molecule has 0 atom stereocenters. The fourth-order valence-corrected chi connectivity index (χ4v) is 4.00. The number of ether oxygens (including phenoxy) is 2. The van der Waals surface area contributed by atoms with Gasteiger partial charge in [0.25, 0.3) is 5.91 Å². The van der Waals surface area contributed by atoms with Gasteiger partial charge < -0.3 is 9.47 Å². The second-order valence-electron chi connectivity index (χ2n) is 6.91. The van der Waals surface area contributed by atoms with Gasteiger partial charge in [0, 0.05) is 33.1 Å². The van der Waals surface area contributed by atoms with E-state index < -0.39 is 0 Å². The van der Waals surface area contributed by atoms with Gasteiger partial charge in [0.2, 0.25) is 5.13 Å². The summed E-state index contributed by atoms with van der Waals surface area (Å²) in [6, 6.07) is 14.1. The van der Waals surface area contributed by atoms with Crippen LogP contribution in [0.3, 0.4) is 0 Å². The molecule has 0 aliphatic heterocycles. The highest BCUT2D eigenvalue weighted by Gasteiger charge is 2.19. The number of carbonyl (C=O) groups excluding carboxylic acids is 1. The van der Waals surface area contributed by atoms with Crippen molar-refractivity contribution < 1.29 is 14.3 Å². The van der Waals surface area contributed by atoms with Crippen LogP contribution in [0.25, 0.3) is 11.1 Å². The van der Waals surface area contributed by atoms with Gasteiger partial charge in [0.15, 0.2) is 5.01 Å². The molecule has 0 bridgehead atoms. The minimum atomic E-state index is -0.374. The van der Waals surface area contributed by atoms with Crippen LogP contribution < -0.4 is 14.8 Å². The maximum atomic E-state index is 13.1. The summed E-state index contributed by atoms with van der Waals surface area (Å²) >= 11 is 13.3. The molecule has 0 unspecified atom stereocenters. The topological polar surface area (TPSA) is 86.2 Å². The van der Waals surface area contributed by atoms with Crippen LogP contribution in [0.4, 0.5) is 5.13 Å². The quantitative estimate of drug-likeness (QED) is 0.332. The molecule has 1 N–H and O–H groups in total. The number of halogens is 2. The predicted octanol–water partition coefficient (Wildman–Crippen LogP) is 6.06. The van der Waals surface area contributed by atoms with E-state index in [2.05, 4.69) is 20.5 Å². The number of aromatic nitrogens is 3. The smallest absolute Gasteiger partial charge is 0.259 e. The molecule has 2 aromatic heterocycles. The number of hydrogen-bond acceptors (Lipinski definition) is 7. The molecule has 0 saturated carbocycles. The Morgan fingerprint density at radius 1 is 1.03 bits per heavy atom. The lowest BCUT2D eigenvalue weighted by molar-refractivity contribution is 0.102. The highest BCUT2D eigenvalue weighted by Crippen LogP contribution is 2.35. The zero-order chi connectivity index (χ0) is 23.4. The van der Waals surface area contributed by atoms with Crippen LogP contribution in [0.15, 0.2) is 54.7 Å². The molecular weight excluding hydrogens is 483 g/mol. The Bertz CT molecular complexity index is 1300. The van der Waals surface area contributed by atoms with Crippen molar-refractivity contribution in [3.8, 4) is 22.6 Å². The molecule has 2 aromatic carbocycles. The molecule has 1 amide bonds. The summed E-state index contributed by atoms with van der Waals surface area (Å²) in [5, 5.41) is 13.0. The Morgan fingerprint density at radius 2 is 1.79 bits per heavy atom. The van der Waals surface area contributed by atoms with Crippen LogP contribution in [0, 0.1) is 6.92 Å². The van der Waals surface area contributed by atoms with Crippen molar-refractivity contribution in [3.63, 3.8) is 0 Å². The summed E-state index contributed by atoms with van der Waals surface area (Å²) < 4.78 is 11.1. The van der Waals surface area contributed by atoms with Crippen LogP contribution >= 0.6 is 34.5 Å². The van der Waals surface area contributed by atoms with Gasteiger partial charge in [0.05, 0.1) is 12.7 Å². The van der Waals surface area contributed by atoms with Gasteiger partial charge in [-0.05, 0) is 55.5 Å². The second kappa shape index (κ2) is 10.2. The van der Waals surface area contributed by atoms with E-state index >= 15 is 0 Å². The van der Waals surface area contributed by atoms with Gasteiger partial charge in [-0.3, -0.25) is 15.1 Å². The number of nitrogens with one attached hydrogen (secondary N) is 1. The highest BCUT2D eigenvalue weighted by molar-refractivity contribution is 7.15. The van der Waals surface area contributed by atoms with E-state index in [0.29, 0.717) is 48.4 Å². The fourth-order valence-electron chi connectivity index (χ4n) is 3.06. The van der Waals surface area contributed by atoms with E-state index in [1.165, 1.54) is 17.5 Å². The van der Waals surface area contributed by atoms with E-state index in [1.807, 2.05) is 13.0 Å². The Hall–Kier alpha value is -3.20. The fraction of sp³-hybridized carbons (Fsp3) is 0.130. The van der Waals surface area contributed by atoms with Crippen LogP contribution in [0.1, 0.15) is 21.1 Å². The molecule has 10 heteroatoms. The third-order valence-electron chi connectivity index (χ3n) is 4.60. The molecule has 0 radical (unpaired) electrons. The normalized spacial score (nSPS) is 10.7. The molecule has 0 spiro atoms.